The van der Waals surface area contributed by atoms with Crippen molar-refractivity contribution in [1.82, 2.24) is 9.80 Å². The zero-order valence-corrected chi connectivity index (χ0v) is 8.70. The van der Waals surface area contributed by atoms with Gasteiger partial charge in [0.1, 0.15) is 0 Å². The molecular weight excluding hydrogens is 164 g/mol. The van der Waals surface area contributed by atoms with Crippen LogP contribution in [0.25, 0.3) is 0 Å². The molecule has 1 heterocycles. The molecule has 0 saturated carbocycles. The van der Waals surface area contributed by atoms with Crippen molar-refractivity contribution in [3.8, 4) is 0 Å². The number of nitrogens with zero attached hydrogens (tertiary/aromatic N) is 2. The third-order valence-electron chi connectivity index (χ3n) is 2.83. The molecule has 1 amide bonds. The highest BCUT2D eigenvalue weighted by atomic mass is 16.1. The van der Waals surface area contributed by atoms with Crippen molar-refractivity contribution < 1.29 is 4.79 Å². The highest BCUT2D eigenvalue weighted by Crippen LogP contribution is 2.09. The summed E-state index contributed by atoms with van der Waals surface area (Å²) in [5.74, 6) is 0. The molecule has 1 atom stereocenters. The van der Waals surface area contributed by atoms with Crippen LogP contribution in [0.2, 0.25) is 0 Å². The van der Waals surface area contributed by atoms with Crippen molar-refractivity contribution in [2.45, 2.75) is 32.7 Å². The van der Waals surface area contributed by atoms with E-state index in [0.717, 1.165) is 32.6 Å². The van der Waals surface area contributed by atoms with Gasteiger partial charge in [-0.3, -0.25) is 9.69 Å². The topological polar surface area (TPSA) is 23.6 Å². The predicted molar refractivity (Wildman–Crippen MR) is 53.6 cm³/mol. The lowest BCUT2D eigenvalue weighted by molar-refractivity contribution is -0.120. The molecule has 0 spiro atoms. The summed E-state index contributed by atoms with van der Waals surface area (Å²) < 4.78 is 0. The molecule has 1 fully saturated rings. The second kappa shape index (κ2) is 5.22. The van der Waals surface area contributed by atoms with Gasteiger partial charge >= 0.3 is 0 Å². The number of carbonyl (C=O) groups excluding carboxylic acids is 1. The minimum absolute atomic E-state index is 0.679. The normalized spacial score (nSPS) is 21.5. The first-order chi connectivity index (χ1) is 6.27. The van der Waals surface area contributed by atoms with E-state index in [2.05, 4.69) is 18.7 Å². The van der Waals surface area contributed by atoms with Crippen LogP contribution in [0.4, 0.5) is 0 Å². The fourth-order valence-corrected chi connectivity index (χ4v) is 1.88. The Morgan fingerprint density at radius 1 is 1.31 bits per heavy atom. The molecule has 1 aliphatic heterocycles. The fraction of sp³-hybridized carbons (Fsp3) is 0.900. The van der Waals surface area contributed by atoms with E-state index in [0.29, 0.717) is 6.04 Å². The van der Waals surface area contributed by atoms with Crippen molar-refractivity contribution >= 4 is 6.41 Å². The largest absolute Gasteiger partial charge is 0.343 e. The second-order valence-electron chi connectivity index (χ2n) is 3.82. The van der Waals surface area contributed by atoms with Crippen molar-refractivity contribution in [2.75, 3.05) is 26.2 Å². The van der Waals surface area contributed by atoms with Gasteiger partial charge in [-0.05, 0) is 13.3 Å². The summed E-state index contributed by atoms with van der Waals surface area (Å²) in [7, 11) is 0. The average molecular weight is 184 g/mol. The molecule has 3 nitrogen and oxygen atoms in total. The molecule has 1 saturated heterocycles. The Labute approximate surface area is 80.7 Å². The maximum Gasteiger partial charge on any atom is 0.209 e. The number of carbonyl (C=O) groups is 1. The monoisotopic (exact) mass is 184 g/mol. The maximum atomic E-state index is 10.5. The molecule has 0 aromatic carbocycles. The first kappa shape index (κ1) is 10.5. The third kappa shape index (κ3) is 2.99. The SMILES string of the molecule is CCCC(C)N1CCN(C=O)CC1. The highest BCUT2D eigenvalue weighted by molar-refractivity contribution is 5.47. The molecule has 13 heavy (non-hydrogen) atoms. The third-order valence-corrected chi connectivity index (χ3v) is 2.83. The lowest BCUT2D eigenvalue weighted by Gasteiger charge is -2.36. The number of hydrogen-bond acceptors (Lipinski definition) is 2. The molecule has 0 radical (unpaired) electrons. The molecule has 0 bridgehead atoms. The summed E-state index contributed by atoms with van der Waals surface area (Å²) >= 11 is 0. The molecular formula is C10H20N2O. The summed E-state index contributed by atoms with van der Waals surface area (Å²) in [5, 5.41) is 0. The van der Waals surface area contributed by atoms with E-state index < -0.39 is 0 Å². The maximum absolute atomic E-state index is 10.5. The van der Waals surface area contributed by atoms with Gasteiger partial charge < -0.3 is 4.90 Å². The molecule has 0 N–H and O–H groups in total. The zero-order chi connectivity index (χ0) is 9.68. The summed E-state index contributed by atoms with van der Waals surface area (Å²) in [6, 6.07) is 0.679. The Bertz CT molecular complexity index is 153. The number of hydrogen-bond donors (Lipinski definition) is 0. The van der Waals surface area contributed by atoms with Crippen LogP contribution < -0.4 is 0 Å². The smallest absolute Gasteiger partial charge is 0.209 e. The second-order valence-corrected chi connectivity index (χ2v) is 3.82. The lowest BCUT2D eigenvalue weighted by Crippen LogP contribution is -2.48. The van der Waals surface area contributed by atoms with E-state index in [1.807, 2.05) is 4.90 Å². The van der Waals surface area contributed by atoms with Gasteiger partial charge in [0.2, 0.25) is 6.41 Å². The minimum Gasteiger partial charge on any atom is -0.343 e. The molecule has 1 aliphatic rings. The summed E-state index contributed by atoms with van der Waals surface area (Å²) in [5.41, 5.74) is 0. The van der Waals surface area contributed by atoms with Crippen LogP contribution in [0.3, 0.4) is 0 Å². The summed E-state index contributed by atoms with van der Waals surface area (Å²) in [6.45, 7) is 8.38. The standard InChI is InChI=1S/C10H20N2O/c1-3-4-10(2)12-7-5-11(9-13)6-8-12/h9-10H,3-8H2,1-2H3. The van der Waals surface area contributed by atoms with Gasteiger partial charge in [0.15, 0.2) is 0 Å². The van der Waals surface area contributed by atoms with E-state index in [-0.39, 0.29) is 0 Å². The minimum atomic E-state index is 0.679. The molecule has 3 heteroatoms. The van der Waals surface area contributed by atoms with Gasteiger partial charge in [0.05, 0.1) is 0 Å². The van der Waals surface area contributed by atoms with Gasteiger partial charge in [0, 0.05) is 32.2 Å². The molecule has 1 rings (SSSR count). The number of piperazine rings is 1. The Morgan fingerprint density at radius 3 is 2.38 bits per heavy atom. The van der Waals surface area contributed by atoms with Gasteiger partial charge in [-0.1, -0.05) is 13.3 Å². The first-order valence-electron chi connectivity index (χ1n) is 5.21. The van der Waals surface area contributed by atoms with Crippen molar-refractivity contribution in [3.63, 3.8) is 0 Å². The Balaban J connectivity index is 2.27. The van der Waals surface area contributed by atoms with Crippen LogP contribution in [-0.2, 0) is 4.79 Å². The van der Waals surface area contributed by atoms with E-state index >= 15 is 0 Å². The lowest BCUT2D eigenvalue weighted by atomic mass is 10.1. The zero-order valence-electron chi connectivity index (χ0n) is 8.70. The number of rotatable bonds is 4. The van der Waals surface area contributed by atoms with Crippen LogP contribution in [0.15, 0.2) is 0 Å². The predicted octanol–water partition coefficient (Wildman–Crippen LogP) is 0.949. The van der Waals surface area contributed by atoms with E-state index in [4.69, 9.17) is 0 Å². The Morgan fingerprint density at radius 2 is 1.92 bits per heavy atom. The molecule has 76 valence electrons. The van der Waals surface area contributed by atoms with Crippen LogP contribution in [0.1, 0.15) is 26.7 Å². The molecule has 1 unspecified atom stereocenters. The van der Waals surface area contributed by atoms with Crippen LogP contribution in [0.5, 0.6) is 0 Å². The average Bonchev–Trinajstić information content (AvgIpc) is 2.18. The quantitative estimate of drug-likeness (QED) is 0.607. The Kier molecular flexibility index (Phi) is 4.22. The van der Waals surface area contributed by atoms with Crippen molar-refractivity contribution in [3.05, 3.63) is 0 Å². The van der Waals surface area contributed by atoms with Gasteiger partial charge in [-0.2, -0.15) is 0 Å². The van der Waals surface area contributed by atoms with Gasteiger partial charge in [-0.25, -0.2) is 0 Å². The molecule has 0 aliphatic carbocycles. The van der Waals surface area contributed by atoms with Crippen LogP contribution >= 0.6 is 0 Å². The van der Waals surface area contributed by atoms with Crippen molar-refractivity contribution in [2.24, 2.45) is 0 Å². The van der Waals surface area contributed by atoms with Crippen molar-refractivity contribution in [1.29, 1.82) is 0 Å². The van der Waals surface area contributed by atoms with Gasteiger partial charge in [-0.15, -0.1) is 0 Å². The van der Waals surface area contributed by atoms with Crippen LogP contribution in [0, 0.1) is 0 Å². The Hall–Kier alpha value is -0.570. The highest BCUT2D eigenvalue weighted by Gasteiger charge is 2.18. The summed E-state index contributed by atoms with van der Waals surface area (Å²) in [4.78, 5) is 14.8. The van der Waals surface area contributed by atoms with Gasteiger partial charge in [0.25, 0.3) is 0 Å². The molecule has 0 aromatic heterocycles. The summed E-state index contributed by atoms with van der Waals surface area (Å²) in [6.07, 6.45) is 3.47. The first-order valence-corrected chi connectivity index (χ1v) is 5.21. The van der Waals surface area contributed by atoms with Crippen LogP contribution in [-0.4, -0.2) is 48.4 Å². The van der Waals surface area contributed by atoms with E-state index in [1.54, 1.807) is 0 Å². The molecule has 0 aromatic rings. The van der Waals surface area contributed by atoms with E-state index in [9.17, 15) is 4.79 Å². The number of amides is 1. The fourth-order valence-electron chi connectivity index (χ4n) is 1.88. The van der Waals surface area contributed by atoms with E-state index in [1.165, 1.54) is 12.8 Å².